The average Bonchev–Trinajstić information content (AvgIpc) is 2.68. The fourth-order valence-corrected chi connectivity index (χ4v) is 2.82. The number of anilines is 1. The van der Waals surface area contributed by atoms with E-state index in [1.165, 1.54) is 0 Å². The maximum atomic E-state index is 11.9. The minimum Gasteiger partial charge on any atom is -0.482 e. The Hall–Kier alpha value is -2.02. The highest BCUT2D eigenvalue weighted by atomic mass is 35.5. The van der Waals surface area contributed by atoms with E-state index in [1.54, 1.807) is 24.4 Å². The van der Waals surface area contributed by atoms with Crippen molar-refractivity contribution in [3.63, 3.8) is 0 Å². The number of rotatable bonds is 6. The summed E-state index contributed by atoms with van der Waals surface area (Å²) in [5, 5.41) is 3.69. The second kappa shape index (κ2) is 9.07. The molecule has 0 unspecified atom stereocenters. The molecule has 0 bridgehead atoms. The first-order valence-electron chi connectivity index (χ1n) is 8.24. The highest BCUT2D eigenvalue weighted by Gasteiger charge is 2.12. The third-order valence-corrected chi connectivity index (χ3v) is 4.43. The van der Waals surface area contributed by atoms with Crippen molar-refractivity contribution in [3.8, 4) is 5.75 Å². The molecule has 2 heterocycles. The Bertz CT molecular complexity index is 750. The van der Waals surface area contributed by atoms with Crippen LogP contribution in [0, 0.1) is 0 Å². The van der Waals surface area contributed by atoms with Crippen LogP contribution in [0.15, 0.2) is 36.5 Å². The summed E-state index contributed by atoms with van der Waals surface area (Å²) >= 11 is 11.9. The molecule has 26 heavy (non-hydrogen) atoms. The van der Waals surface area contributed by atoms with Gasteiger partial charge in [0.1, 0.15) is 11.6 Å². The van der Waals surface area contributed by atoms with Crippen molar-refractivity contribution in [1.29, 1.82) is 0 Å². The van der Waals surface area contributed by atoms with E-state index in [2.05, 4.69) is 15.2 Å². The van der Waals surface area contributed by atoms with Gasteiger partial charge in [0.15, 0.2) is 6.61 Å². The first kappa shape index (κ1) is 18.8. The number of carbonyl (C=O) groups is 1. The van der Waals surface area contributed by atoms with Crippen molar-refractivity contribution in [1.82, 2.24) is 10.3 Å². The number of nitrogens with one attached hydrogen (secondary N) is 1. The van der Waals surface area contributed by atoms with Crippen molar-refractivity contribution >= 4 is 34.9 Å². The van der Waals surface area contributed by atoms with Crippen LogP contribution in [-0.4, -0.2) is 43.8 Å². The molecular weight excluding hydrogens is 377 g/mol. The molecule has 2 aromatic rings. The maximum absolute atomic E-state index is 11.9. The van der Waals surface area contributed by atoms with E-state index in [1.807, 2.05) is 12.1 Å². The monoisotopic (exact) mass is 395 g/mol. The van der Waals surface area contributed by atoms with E-state index in [0.29, 0.717) is 22.3 Å². The molecule has 0 spiro atoms. The summed E-state index contributed by atoms with van der Waals surface area (Å²) in [7, 11) is 0. The topological polar surface area (TPSA) is 63.7 Å². The summed E-state index contributed by atoms with van der Waals surface area (Å²) in [6.45, 7) is 3.35. The van der Waals surface area contributed by atoms with Crippen LogP contribution < -0.4 is 15.0 Å². The molecule has 1 amide bonds. The number of hydrogen-bond donors (Lipinski definition) is 1. The average molecular weight is 396 g/mol. The summed E-state index contributed by atoms with van der Waals surface area (Å²) in [6.07, 6.45) is 1.76. The zero-order valence-electron chi connectivity index (χ0n) is 14.1. The summed E-state index contributed by atoms with van der Waals surface area (Å²) < 4.78 is 10.7. The van der Waals surface area contributed by atoms with E-state index >= 15 is 0 Å². The Morgan fingerprint density at radius 2 is 2.04 bits per heavy atom. The third kappa shape index (κ3) is 5.24. The number of nitrogens with zero attached hydrogens (tertiary/aromatic N) is 2. The van der Waals surface area contributed by atoms with Gasteiger partial charge in [-0.1, -0.05) is 29.3 Å². The third-order valence-electron chi connectivity index (χ3n) is 3.89. The maximum Gasteiger partial charge on any atom is 0.258 e. The summed E-state index contributed by atoms with van der Waals surface area (Å²) in [5.41, 5.74) is 0.913. The van der Waals surface area contributed by atoms with Gasteiger partial charge in [-0.3, -0.25) is 4.79 Å². The van der Waals surface area contributed by atoms with Crippen LogP contribution in [0.25, 0.3) is 0 Å². The van der Waals surface area contributed by atoms with Gasteiger partial charge in [0.2, 0.25) is 0 Å². The van der Waals surface area contributed by atoms with Crippen LogP contribution in [0.1, 0.15) is 5.56 Å². The van der Waals surface area contributed by atoms with Crippen LogP contribution in [-0.2, 0) is 16.1 Å². The van der Waals surface area contributed by atoms with Gasteiger partial charge < -0.3 is 19.7 Å². The Labute approximate surface area is 162 Å². The lowest BCUT2D eigenvalue weighted by Gasteiger charge is -2.27. The first-order valence-corrected chi connectivity index (χ1v) is 8.99. The molecule has 0 aliphatic carbocycles. The molecule has 1 aliphatic rings. The summed E-state index contributed by atoms with van der Waals surface area (Å²) in [5.74, 6) is 1.05. The highest BCUT2D eigenvalue weighted by molar-refractivity contribution is 6.34. The number of carbonyl (C=O) groups excluding carboxylic acids is 1. The largest absolute Gasteiger partial charge is 0.482 e. The molecule has 0 atom stereocenters. The molecule has 1 aromatic carbocycles. The van der Waals surface area contributed by atoms with Crippen molar-refractivity contribution in [2.45, 2.75) is 6.54 Å². The van der Waals surface area contributed by atoms with Gasteiger partial charge in [-0.15, -0.1) is 0 Å². The first-order chi connectivity index (χ1) is 12.6. The number of morpholine rings is 1. The lowest BCUT2D eigenvalue weighted by molar-refractivity contribution is -0.123. The van der Waals surface area contributed by atoms with E-state index in [-0.39, 0.29) is 12.5 Å². The molecule has 1 fully saturated rings. The van der Waals surface area contributed by atoms with Crippen molar-refractivity contribution in [2.24, 2.45) is 0 Å². The van der Waals surface area contributed by atoms with Gasteiger partial charge in [-0.25, -0.2) is 4.98 Å². The molecule has 8 heteroatoms. The standard InChI is InChI=1S/C18H19Cl2N3O3/c19-14-2-3-15(20)16(9-14)26-12-18(24)22-11-13-1-4-17(21-10-13)23-5-7-25-8-6-23/h1-4,9-10H,5-8,11-12H2,(H,22,24). The number of amides is 1. The number of aromatic nitrogens is 1. The lowest BCUT2D eigenvalue weighted by Crippen LogP contribution is -2.36. The Kier molecular flexibility index (Phi) is 6.55. The summed E-state index contributed by atoms with van der Waals surface area (Å²) in [4.78, 5) is 18.6. The predicted octanol–water partition coefficient (Wildman–Crippen LogP) is 2.92. The predicted molar refractivity (Wildman–Crippen MR) is 101 cm³/mol. The quantitative estimate of drug-likeness (QED) is 0.814. The number of halogens is 2. The minimum atomic E-state index is -0.252. The van der Waals surface area contributed by atoms with Crippen LogP contribution in [0.2, 0.25) is 10.0 Å². The van der Waals surface area contributed by atoms with Gasteiger partial charge >= 0.3 is 0 Å². The normalized spacial score (nSPS) is 14.2. The zero-order valence-corrected chi connectivity index (χ0v) is 15.6. The van der Waals surface area contributed by atoms with Crippen molar-refractivity contribution < 1.29 is 14.3 Å². The van der Waals surface area contributed by atoms with E-state index < -0.39 is 0 Å². The highest BCUT2D eigenvalue weighted by Crippen LogP contribution is 2.27. The Morgan fingerprint density at radius 3 is 2.77 bits per heavy atom. The van der Waals surface area contributed by atoms with Gasteiger partial charge in [-0.05, 0) is 23.8 Å². The molecule has 6 nitrogen and oxygen atoms in total. The molecule has 1 aromatic heterocycles. The Balaban J connectivity index is 1.46. The number of hydrogen-bond acceptors (Lipinski definition) is 5. The molecule has 3 rings (SSSR count). The SMILES string of the molecule is O=C(COc1cc(Cl)ccc1Cl)NCc1ccc(N2CCOCC2)nc1. The second-order valence-electron chi connectivity index (χ2n) is 5.76. The van der Waals surface area contributed by atoms with Crippen LogP contribution in [0.5, 0.6) is 5.75 Å². The molecule has 0 radical (unpaired) electrons. The van der Waals surface area contributed by atoms with E-state index in [0.717, 1.165) is 37.7 Å². The fourth-order valence-electron chi connectivity index (χ4n) is 2.48. The number of pyridine rings is 1. The smallest absolute Gasteiger partial charge is 0.258 e. The van der Waals surface area contributed by atoms with Crippen molar-refractivity contribution in [2.75, 3.05) is 37.8 Å². The molecule has 0 saturated carbocycles. The van der Waals surface area contributed by atoms with Gasteiger partial charge in [0.05, 0.1) is 18.2 Å². The molecule has 1 saturated heterocycles. The lowest BCUT2D eigenvalue weighted by atomic mass is 10.2. The summed E-state index contributed by atoms with van der Waals surface area (Å²) in [6, 6.07) is 8.76. The fraction of sp³-hybridized carbons (Fsp3) is 0.333. The van der Waals surface area contributed by atoms with Crippen LogP contribution in [0.3, 0.4) is 0 Å². The second-order valence-corrected chi connectivity index (χ2v) is 6.61. The Morgan fingerprint density at radius 1 is 1.23 bits per heavy atom. The number of benzene rings is 1. The van der Waals surface area contributed by atoms with E-state index in [9.17, 15) is 4.79 Å². The number of ether oxygens (including phenoxy) is 2. The van der Waals surface area contributed by atoms with Gasteiger partial charge in [0, 0.05) is 36.9 Å². The van der Waals surface area contributed by atoms with Crippen molar-refractivity contribution in [3.05, 3.63) is 52.1 Å². The zero-order chi connectivity index (χ0) is 18.4. The molecule has 1 N–H and O–H groups in total. The van der Waals surface area contributed by atoms with Crippen LogP contribution >= 0.6 is 23.2 Å². The minimum absolute atomic E-state index is 0.140. The molecule has 1 aliphatic heterocycles. The van der Waals surface area contributed by atoms with E-state index in [4.69, 9.17) is 32.7 Å². The molecule has 138 valence electrons. The van der Waals surface area contributed by atoms with Gasteiger partial charge in [0.25, 0.3) is 5.91 Å². The molecular formula is C18H19Cl2N3O3. The van der Waals surface area contributed by atoms with Gasteiger partial charge in [-0.2, -0.15) is 0 Å². The van der Waals surface area contributed by atoms with Crippen LogP contribution in [0.4, 0.5) is 5.82 Å².